The van der Waals surface area contributed by atoms with E-state index >= 15 is 0 Å². The van der Waals surface area contributed by atoms with Crippen LogP contribution in [0.1, 0.15) is 33.1 Å². The van der Waals surface area contributed by atoms with Crippen LogP contribution in [0.15, 0.2) is 23.2 Å². The average molecular weight is 533 g/mol. The smallest absolute Gasteiger partial charge is 0.191 e. The number of guanidine groups is 1. The van der Waals surface area contributed by atoms with Gasteiger partial charge in [0.05, 0.1) is 14.2 Å². The van der Waals surface area contributed by atoms with Gasteiger partial charge >= 0.3 is 0 Å². The van der Waals surface area contributed by atoms with Crippen molar-refractivity contribution in [1.82, 2.24) is 15.5 Å². The fourth-order valence-corrected chi connectivity index (χ4v) is 3.68. The van der Waals surface area contributed by atoms with Crippen LogP contribution >= 0.6 is 24.0 Å². The van der Waals surface area contributed by atoms with E-state index in [1.54, 1.807) is 14.2 Å². The van der Waals surface area contributed by atoms with Gasteiger partial charge in [-0.1, -0.05) is 13.8 Å². The Morgan fingerprint density at radius 1 is 1.13 bits per heavy atom. The van der Waals surface area contributed by atoms with Crippen molar-refractivity contribution in [3.63, 3.8) is 0 Å². The number of anilines is 1. The Bertz CT molecular complexity index is 618. The second kappa shape index (κ2) is 14.6. The Morgan fingerprint density at radius 3 is 2.37 bits per heavy atom. The number of nitrogens with zero attached hydrogens (tertiary/aromatic N) is 3. The molecule has 1 aromatic rings. The number of unbranched alkanes of at least 4 members (excludes halogenated alkanes) is 1. The lowest BCUT2D eigenvalue weighted by Crippen LogP contribution is -2.45. The molecule has 0 saturated carbocycles. The third-order valence-electron chi connectivity index (χ3n) is 5.54. The number of methoxy groups -OCH3 is 2. The van der Waals surface area contributed by atoms with Crippen molar-refractivity contribution in [2.45, 2.75) is 39.2 Å². The highest BCUT2D eigenvalue weighted by Gasteiger charge is 2.24. The lowest BCUT2D eigenvalue weighted by atomic mass is 10.2. The molecule has 7 nitrogen and oxygen atoms in total. The Hall–Kier alpha value is -1.42. The van der Waals surface area contributed by atoms with Gasteiger partial charge in [-0.3, -0.25) is 4.99 Å². The summed E-state index contributed by atoms with van der Waals surface area (Å²) in [5.41, 5.74) is 1.13. The fourth-order valence-electron chi connectivity index (χ4n) is 3.68. The summed E-state index contributed by atoms with van der Waals surface area (Å²) in [7, 11) is 5.21. The fraction of sp³-hybridized carbons (Fsp3) is 0.682. The van der Waals surface area contributed by atoms with E-state index in [1.165, 1.54) is 13.0 Å². The number of hydrogen-bond acceptors (Lipinski definition) is 5. The molecule has 1 saturated heterocycles. The SMILES string of the molecule is CCN(CC)CCCCNC(=NC)NC1CCN(c2cc(OC)cc(OC)c2)C1.I. The van der Waals surface area contributed by atoms with E-state index < -0.39 is 0 Å². The topological polar surface area (TPSA) is 61.4 Å². The third-order valence-corrected chi connectivity index (χ3v) is 5.54. The standard InChI is InChI=1S/C22H39N5O2.HI/c1-6-26(7-2)12-9-8-11-24-22(23-3)25-18-10-13-27(17-18)19-14-20(28-4)16-21(15-19)29-5;/h14-16,18H,6-13,17H2,1-5H3,(H2,23,24,25);1H. The summed E-state index contributed by atoms with van der Waals surface area (Å²) in [6, 6.07) is 6.40. The minimum Gasteiger partial charge on any atom is -0.497 e. The van der Waals surface area contributed by atoms with Gasteiger partial charge in [-0.2, -0.15) is 0 Å². The molecule has 1 unspecified atom stereocenters. The number of aliphatic imine (C=N–C) groups is 1. The molecule has 1 atom stereocenters. The Balaban J connectivity index is 0.00000450. The highest BCUT2D eigenvalue weighted by atomic mass is 127. The highest BCUT2D eigenvalue weighted by Crippen LogP contribution is 2.30. The number of rotatable bonds is 11. The first-order valence-electron chi connectivity index (χ1n) is 10.8. The quantitative estimate of drug-likeness (QED) is 0.197. The molecule has 0 spiro atoms. The summed E-state index contributed by atoms with van der Waals surface area (Å²) < 4.78 is 10.8. The second-order valence-electron chi connectivity index (χ2n) is 7.38. The molecular weight excluding hydrogens is 493 g/mol. The van der Waals surface area contributed by atoms with Gasteiger partial charge in [-0.25, -0.2) is 0 Å². The van der Waals surface area contributed by atoms with Gasteiger partial charge in [0.25, 0.3) is 0 Å². The van der Waals surface area contributed by atoms with Crippen LogP contribution in [0.3, 0.4) is 0 Å². The maximum Gasteiger partial charge on any atom is 0.191 e. The van der Waals surface area contributed by atoms with Crippen molar-refractivity contribution in [1.29, 1.82) is 0 Å². The molecule has 1 aliphatic rings. The van der Waals surface area contributed by atoms with Crippen molar-refractivity contribution < 1.29 is 9.47 Å². The summed E-state index contributed by atoms with van der Waals surface area (Å²) in [5, 5.41) is 7.03. The van der Waals surface area contributed by atoms with Crippen LogP contribution in [-0.2, 0) is 0 Å². The predicted octanol–water partition coefficient (Wildman–Crippen LogP) is 3.19. The van der Waals surface area contributed by atoms with Gasteiger partial charge in [0.2, 0.25) is 0 Å². The van der Waals surface area contributed by atoms with E-state index in [1.807, 2.05) is 13.1 Å². The summed E-state index contributed by atoms with van der Waals surface area (Å²) in [6.45, 7) is 10.7. The molecule has 1 fully saturated rings. The summed E-state index contributed by atoms with van der Waals surface area (Å²) in [4.78, 5) is 9.22. The van der Waals surface area contributed by atoms with Gasteiger partial charge in [-0.15, -0.1) is 24.0 Å². The van der Waals surface area contributed by atoms with E-state index in [4.69, 9.17) is 9.47 Å². The van der Waals surface area contributed by atoms with Gasteiger partial charge in [0.15, 0.2) is 5.96 Å². The number of ether oxygens (including phenoxy) is 2. The predicted molar refractivity (Wildman–Crippen MR) is 137 cm³/mol. The molecule has 8 heteroatoms. The van der Waals surface area contributed by atoms with Crippen molar-refractivity contribution >= 4 is 35.6 Å². The van der Waals surface area contributed by atoms with Gasteiger partial charge in [0, 0.05) is 56.6 Å². The molecule has 1 aromatic carbocycles. The van der Waals surface area contributed by atoms with Crippen LogP contribution in [-0.4, -0.2) is 77.4 Å². The Morgan fingerprint density at radius 2 is 1.80 bits per heavy atom. The average Bonchev–Trinajstić information content (AvgIpc) is 3.23. The molecule has 0 aromatic heterocycles. The van der Waals surface area contributed by atoms with Crippen LogP contribution in [0.2, 0.25) is 0 Å². The minimum absolute atomic E-state index is 0. The molecule has 0 aliphatic carbocycles. The minimum atomic E-state index is 0. The number of halogens is 1. The van der Waals surface area contributed by atoms with Gasteiger partial charge in [0.1, 0.15) is 11.5 Å². The maximum atomic E-state index is 5.40. The summed E-state index contributed by atoms with van der Waals surface area (Å²) in [5.74, 6) is 2.53. The van der Waals surface area contributed by atoms with E-state index in [9.17, 15) is 0 Å². The first kappa shape index (κ1) is 26.6. The van der Waals surface area contributed by atoms with E-state index in [-0.39, 0.29) is 24.0 Å². The van der Waals surface area contributed by atoms with E-state index in [0.29, 0.717) is 6.04 Å². The normalized spacial score (nSPS) is 16.4. The van der Waals surface area contributed by atoms with Crippen molar-refractivity contribution in [2.24, 2.45) is 4.99 Å². The molecule has 1 aliphatic heterocycles. The molecule has 0 radical (unpaired) electrons. The van der Waals surface area contributed by atoms with Crippen LogP contribution in [0.5, 0.6) is 11.5 Å². The first-order chi connectivity index (χ1) is 14.1. The van der Waals surface area contributed by atoms with E-state index in [2.05, 4.69) is 51.4 Å². The zero-order chi connectivity index (χ0) is 21.1. The highest BCUT2D eigenvalue weighted by molar-refractivity contribution is 14.0. The van der Waals surface area contributed by atoms with Crippen LogP contribution in [0, 0.1) is 0 Å². The van der Waals surface area contributed by atoms with Gasteiger partial charge < -0.3 is 29.9 Å². The van der Waals surface area contributed by atoms with Crippen LogP contribution in [0.4, 0.5) is 5.69 Å². The van der Waals surface area contributed by atoms with Crippen molar-refractivity contribution in [3.8, 4) is 11.5 Å². The lowest BCUT2D eigenvalue weighted by molar-refractivity contribution is 0.297. The molecule has 0 bridgehead atoms. The first-order valence-corrected chi connectivity index (χ1v) is 10.8. The molecule has 1 heterocycles. The zero-order valence-electron chi connectivity index (χ0n) is 19.2. The number of nitrogens with one attached hydrogen (secondary N) is 2. The zero-order valence-corrected chi connectivity index (χ0v) is 21.6. The lowest BCUT2D eigenvalue weighted by Gasteiger charge is -2.21. The number of benzene rings is 1. The maximum absolute atomic E-state index is 5.40. The molecule has 2 rings (SSSR count). The monoisotopic (exact) mass is 533 g/mol. The molecule has 2 N–H and O–H groups in total. The molecule has 172 valence electrons. The number of hydrogen-bond donors (Lipinski definition) is 2. The van der Waals surface area contributed by atoms with Gasteiger partial charge in [-0.05, 0) is 38.9 Å². The third kappa shape index (κ3) is 8.37. The van der Waals surface area contributed by atoms with Crippen LogP contribution in [0.25, 0.3) is 0 Å². The Kier molecular flexibility index (Phi) is 12.9. The largest absolute Gasteiger partial charge is 0.497 e. The molecule has 0 amide bonds. The second-order valence-corrected chi connectivity index (χ2v) is 7.38. The Labute approximate surface area is 199 Å². The summed E-state index contributed by atoms with van der Waals surface area (Å²) >= 11 is 0. The van der Waals surface area contributed by atoms with Crippen LogP contribution < -0.4 is 25.0 Å². The van der Waals surface area contributed by atoms with E-state index in [0.717, 1.165) is 68.7 Å². The summed E-state index contributed by atoms with van der Waals surface area (Å²) in [6.07, 6.45) is 3.43. The molecular formula is C22H40IN5O2. The molecule has 30 heavy (non-hydrogen) atoms. The van der Waals surface area contributed by atoms with Crippen molar-refractivity contribution in [3.05, 3.63) is 18.2 Å². The van der Waals surface area contributed by atoms with Crippen molar-refractivity contribution in [2.75, 3.05) is 65.4 Å².